The summed E-state index contributed by atoms with van der Waals surface area (Å²) in [5.41, 5.74) is 1.87. The van der Waals surface area contributed by atoms with Crippen molar-refractivity contribution in [2.24, 2.45) is 0 Å². The highest BCUT2D eigenvalue weighted by Gasteiger charge is 2.18. The molecule has 0 aliphatic heterocycles. The molecule has 0 heterocycles. The Balaban J connectivity index is 2.52. The number of carbonyl (C=O) groups is 2. The number of carbonyl (C=O) groups excluding carboxylic acids is 2. The maximum atomic E-state index is 12.1. The van der Waals surface area contributed by atoms with Crippen LogP contribution in [0.1, 0.15) is 19.4 Å². The van der Waals surface area contributed by atoms with Crippen molar-refractivity contribution < 1.29 is 14.5 Å². The average Bonchev–Trinajstić information content (AvgIpc) is 2.43. The molecular formula is C16H25IN3O2+. The van der Waals surface area contributed by atoms with Crippen LogP contribution in [0.15, 0.2) is 18.2 Å². The standard InChI is InChI=1S/C16H24IN3O2/c1-5-20(6-2)16(22)11-19(4)10-15(21)18-14-8-7-13(17)9-12(14)3/h7-9H,5-6,10-11H2,1-4H3,(H,18,21)/p+1. The van der Waals surface area contributed by atoms with E-state index in [2.05, 4.69) is 27.9 Å². The Hall–Kier alpha value is -1.15. The summed E-state index contributed by atoms with van der Waals surface area (Å²) in [5, 5.41) is 2.91. The second-order valence-corrected chi connectivity index (χ2v) is 6.63. The van der Waals surface area contributed by atoms with Crippen LogP contribution < -0.4 is 10.2 Å². The van der Waals surface area contributed by atoms with Crippen molar-refractivity contribution in [3.05, 3.63) is 27.3 Å². The van der Waals surface area contributed by atoms with E-state index in [0.29, 0.717) is 19.6 Å². The van der Waals surface area contributed by atoms with Gasteiger partial charge in [0, 0.05) is 22.3 Å². The van der Waals surface area contributed by atoms with Crippen LogP contribution in [0.4, 0.5) is 5.69 Å². The number of aryl methyl sites for hydroxylation is 1. The van der Waals surface area contributed by atoms with Gasteiger partial charge in [0.1, 0.15) is 0 Å². The summed E-state index contributed by atoms with van der Waals surface area (Å²) < 4.78 is 1.14. The van der Waals surface area contributed by atoms with E-state index in [-0.39, 0.29) is 18.4 Å². The summed E-state index contributed by atoms with van der Waals surface area (Å²) in [5.74, 6) is 0.00917. The number of nitrogens with one attached hydrogen (secondary N) is 2. The van der Waals surface area contributed by atoms with Crippen molar-refractivity contribution in [1.29, 1.82) is 0 Å². The fourth-order valence-electron chi connectivity index (χ4n) is 2.24. The predicted octanol–water partition coefficient (Wildman–Crippen LogP) is 0.921. The van der Waals surface area contributed by atoms with Crippen LogP contribution in [0.25, 0.3) is 0 Å². The summed E-state index contributed by atoms with van der Waals surface area (Å²) >= 11 is 2.24. The minimum atomic E-state index is -0.0749. The molecule has 5 nitrogen and oxygen atoms in total. The van der Waals surface area contributed by atoms with Crippen molar-refractivity contribution in [3.8, 4) is 0 Å². The molecule has 122 valence electrons. The van der Waals surface area contributed by atoms with E-state index in [1.165, 1.54) is 0 Å². The molecule has 22 heavy (non-hydrogen) atoms. The molecule has 0 bridgehead atoms. The zero-order valence-electron chi connectivity index (χ0n) is 13.7. The van der Waals surface area contributed by atoms with Crippen molar-refractivity contribution >= 4 is 40.1 Å². The van der Waals surface area contributed by atoms with Gasteiger partial charge in [-0.3, -0.25) is 9.59 Å². The van der Waals surface area contributed by atoms with Gasteiger partial charge in [0.15, 0.2) is 13.1 Å². The lowest BCUT2D eigenvalue weighted by molar-refractivity contribution is -0.862. The molecule has 1 unspecified atom stereocenters. The van der Waals surface area contributed by atoms with E-state index in [1.807, 2.05) is 46.0 Å². The molecule has 2 N–H and O–H groups in total. The maximum absolute atomic E-state index is 12.1. The molecule has 0 spiro atoms. The maximum Gasteiger partial charge on any atom is 0.279 e. The molecule has 0 radical (unpaired) electrons. The van der Waals surface area contributed by atoms with Crippen molar-refractivity contribution in [2.75, 3.05) is 38.5 Å². The fraction of sp³-hybridized carbons (Fsp3) is 0.500. The lowest BCUT2D eigenvalue weighted by Crippen LogP contribution is -3.11. The van der Waals surface area contributed by atoms with Crippen molar-refractivity contribution in [2.45, 2.75) is 20.8 Å². The Morgan fingerprint density at radius 3 is 2.41 bits per heavy atom. The highest BCUT2D eigenvalue weighted by atomic mass is 127. The number of anilines is 1. The van der Waals surface area contributed by atoms with E-state index in [4.69, 9.17) is 0 Å². The van der Waals surface area contributed by atoms with Gasteiger partial charge >= 0.3 is 0 Å². The van der Waals surface area contributed by atoms with Crippen LogP contribution in [0.5, 0.6) is 0 Å². The van der Waals surface area contributed by atoms with E-state index in [1.54, 1.807) is 4.90 Å². The number of likely N-dealkylation sites (N-methyl/N-ethyl adjacent to an activating group) is 2. The third-order valence-corrected chi connectivity index (χ3v) is 4.17. The molecule has 1 aromatic rings. The molecule has 1 aromatic carbocycles. The number of hydrogen-bond donors (Lipinski definition) is 2. The SMILES string of the molecule is CCN(CC)C(=O)C[NH+](C)CC(=O)Nc1ccc(I)cc1C. The molecule has 1 atom stereocenters. The summed E-state index contributed by atoms with van der Waals surface area (Å²) in [6.45, 7) is 7.91. The van der Waals surface area contributed by atoms with Gasteiger partial charge in [-0.2, -0.15) is 0 Å². The van der Waals surface area contributed by atoms with Crippen LogP contribution in [0.2, 0.25) is 0 Å². The zero-order chi connectivity index (χ0) is 16.7. The third kappa shape index (κ3) is 5.92. The quantitative estimate of drug-likeness (QED) is 0.648. The van der Waals surface area contributed by atoms with E-state index in [9.17, 15) is 9.59 Å². The minimum absolute atomic E-state index is 0.0749. The van der Waals surface area contributed by atoms with Crippen LogP contribution >= 0.6 is 22.6 Å². The summed E-state index contributed by atoms with van der Waals surface area (Å²) in [6.07, 6.45) is 0. The second-order valence-electron chi connectivity index (χ2n) is 5.38. The summed E-state index contributed by atoms with van der Waals surface area (Å²) in [6, 6.07) is 5.89. The Morgan fingerprint density at radius 2 is 1.86 bits per heavy atom. The molecule has 0 aromatic heterocycles. The highest BCUT2D eigenvalue weighted by Crippen LogP contribution is 2.17. The Morgan fingerprint density at radius 1 is 1.23 bits per heavy atom. The largest absolute Gasteiger partial charge is 0.338 e. The van der Waals surface area contributed by atoms with Crippen LogP contribution in [0.3, 0.4) is 0 Å². The number of nitrogens with zero attached hydrogens (tertiary/aromatic N) is 1. The topological polar surface area (TPSA) is 53.9 Å². The predicted molar refractivity (Wildman–Crippen MR) is 97.1 cm³/mol. The molecule has 0 fully saturated rings. The van der Waals surface area contributed by atoms with Gasteiger partial charge in [-0.1, -0.05) is 0 Å². The number of amides is 2. The normalized spacial score (nSPS) is 11.9. The second kappa shape index (κ2) is 9.09. The third-order valence-electron chi connectivity index (χ3n) is 3.49. The van der Waals surface area contributed by atoms with Gasteiger partial charge in [0.05, 0.1) is 7.05 Å². The fourth-order valence-corrected chi connectivity index (χ4v) is 2.89. The summed E-state index contributed by atoms with van der Waals surface area (Å²) in [7, 11) is 1.86. The molecule has 0 saturated heterocycles. The Labute approximate surface area is 146 Å². The van der Waals surface area contributed by atoms with Gasteiger partial charge < -0.3 is 15.1 Å². The Kier molecular flexibility index (Phi) is 7.81. The first-order valence-corrected chi connectivity index (χ1v) is 8.60. The van der Waals surface area contributed by atoms with Gasteiger partial charge in [-0.05, 0) is 67.1 Å². The van der Waals surface area contributed by atoms with E-state index < -0.39 is 0 Å². The molecule has 1 rings (SSSR count). The Bertz CT molecular complexity index is 530. The van der Waals surface area contributed by atoms with Gasteiger partial charge in [0.2, 0.25) is 0 Å². The van der Waals surface area contributed by atoms with Gasteiger partial charge in [0.25, 0.3) is 11.8 Å². The number of benzene rings is 1. The lowest BCUT2D eigenvalue weighted by atomic mass is 10.2. The zero-order valence-corrected chi connectivity index (χ0v) is 15.9. The lowest BCUT2D eigenvalue weighted by Gasteiger charge is -2.21. The molecule has 0 aliphatic carbocycles. The number of rotatable bonds is 7. The molecular weight excluding hydrogens is 393 g/mol. The minimum Gasteiger partial charge on any atom is -0.338 e. The van der Waals surface area contributed by atoms with Gasteiger partial charge in [-0.15, -0.1) is 0 Å². The number of quaternary nitrogens is 1. The first-order valence-electron chi connectivity index (χ1n) is 7.52. The van der Waals surface area contributed by atoms with E-state index >= 15 is 0 Å². The molecule has 0 saturated carbocycles. The molecule has 0 aliphatic rings. The monoisotopic (exact) mass is 418 g/mol. The van der Waals surface area contributed by atoms with E-state index in [0.717, 1.165) is 19.7 Å². The van der Waals surface area contributed by atoms with Crippen LogP contribution in [-0.4, -0.2) is 49.9 Å². The van der Waals surface area contributed by atoms with Crippen LogP contribution in [-0.2, 0) is 9.59 Å². The first kappa shape index (κ1) is 18.9. The average molecular weight is 418 g/mol. The first-order chi connectivity index (χ1) is 10.4. The number of hydrogen-bond acceptors (Lipinski definition) is 2. The smallest absolute Gasteiger partial charge is 0.279 e. The highest BCUT2D eigenvalue weighted by molar-refractivity contribution is 14.1. The molecule has 6 heteroatoms. The van der Waals surface area contributed by atoms with Gasteiger partial charge in [-0.25, -0.2) is 0 Å². The van der Waals surface area contributed by atoms with Crippen molar-refractivity contribution in [1.82, 2.24) is 4.90 Å². The van der Waals surface area contributed by atoms with Crippen molar-refractivity contribution in [3.63, 3.8) is 0 Å². The summed E-state index contributed by atoms with van der Waals surface area (Å²) in [4.78, 5) is 26.8. The molecule has 2 amide bonds. The van der Waals surface area contributed by atoms with Crippen LogP contribution in [0, 0.1) is 10.5 Å². The number of halogens is 1.